The number of quaternary nitrogens is 1. The Hall–Kier alpha value is -1.95. The molecular formula is C19H26FN3O2+. The van der Waals surface area contributed by atoms with Crippen LogP contribution in [-0.2, 0) is 6.54 Å². The molecule has 5 nitrogen and oxygen atoms in total. The summed E-state index contributed by atoms with van der Waals surface area (Å²) in [4.78, 5) is 12.4. The van der Waals surface area contributed by atoms with E-state index in [4.69, 9.17) is 0 Å². The van der Waals surface area contributed by atoms with Crippen LogP contribution in [0.25, 0.3) is 11.0 Å². The number of likely N-dealkylation sites (tertiary alicyclic amines) is 1. The molecule has 1 radical (unpaired) electrons. The number of nitrogens with zero attached hydrogens (tertiary/aromatic N) is 3. The molecule has 3 rings (SSSR count). The van der Waals surface area contributed by atoms with Crippen LogP contribution in [0.1, 0.15) is 33.6 Å². The summed E-state index contributed by atoms with van der Waals surface area (Å²) in [6, 6.07) is 4.13. The van der Waals surface area contributed by atoms with E-state index in [2.05, 4.69) is 27.2 Å². The maximum Gasteiger partial charge on any atom is 0.251 e. The third-order valence-electron chi connectivity index (χ3n) is 5.65. The molecule has 2 aromatic heterocycles. The van der Waals surface area contributed by atoms with Crippen molar-refractivity contribution in [3.05, 3.63) is 52.2 Å². The molecule has 135 valence electrons. The number of hydrogen-bond acceptors (Lipinski definition) is 2. The fourth-order valence-corrected chi connectivity index (χ4v) is 3.96. The monoisotopic (exact) mass is 347 g/mol. The predicted molar refractivity (Wildman–Crippen MR) is 95.3 cm³/mol. The topological polar surface area (TPSA) is 48.9 Å². The molecule has 0 saturated carbocycles. The van der Waals surface area contributed by atoms with Crippen LogP contribution in [0.5, 0.6) is 0 Å². The summed E-state index contributed by atoms with van der Waals surface area (Å²) in [7, 11) is 0. The van der Waals surface area contributed by atoms with Crippen LogP contribution in [0.4, 0.5) is 4.39 Å². The van der Waals surface area contributed by atoms with Crippen LogP contribution in [0, 0.1) is 17.4 Å². The number of piperidine rings is 1. The zero-order valence-electron chi connectivity index (χ0n) is 15.2. The average molecular weight is 347 g/mol. The Morgan fingerprint density at radius 2 is 1.96 bits per heavy atom. The number of rotatable bonds is 3. The lowest BCUT2D eigenvalue weighted by molar-refractivity contribution is -0.973. The van der Waals surface area contributed by atoms with Crippen molar-refractivity contribution in [2.24, 2.45) is 0 Å². The first-order chi connectivity index (χ1) is 11.7. The summed E-state index contributed by atoms with van der Waals surface area (Å²) in [5.41, 5.74) is 0.536. The van der Waals surface area contributed by atoms with Crippen LogP contribution < -0.4 is 10.3 Å². The standard InChI is InChI=1S/C19H26FN3O2/c1-19(2,3)23(10-5-4-6-11-23)12-9-21-17-13-15(20)14-22(25)16(17)7-8-18(21)24/h4,7-8,13-14H,5-6,9-12H2,1-3H3/q+1. The van der Waals surface area contributed by atoms with E-state index >= 15 is 0 Å². The third-order valence-corrected chi connectivity index (χ3v) is 5.65. The fraction of sp³-hybridized carbons (Fsp3) is 0.526. The van der Waals surface area contributed by atoms with Gasteiger partial charge < -0.3 is 9.69 Å². The van der Waals surface area contributed by atoms with Gasteiger partial charge in [0.1, 0.15) is 5.52 Å². The third kappa shape index (κ3) is 3.27. The summed E-state index contributed by atoms with van der Waals surface area (Å²) in [5.74, 6) is -0.630. The molecule has 1 saturated heterocycles. The number of pyridine rings is 2. The van der Waals surface area contributed by atoms with Gasteiger partial charge >= 0.3 is 0 Å². The van der Waals surface area contributed by atoms with Gasteiger partial charge in [0, 0.05) is 18.2 Å². The van der Waals surface area contributed by atoms with Gasteiger partial charge in [-0.2, -0.15) is 4.73 Å². The normalized spacial score (nSPS) is 17.8. The molecule has 0 unspecified atom stereocenters. The second-order valence-electron chi connectivity index (χ2n) is 7.93. The van der Waals surface area contributed by atoms with Gasteiger partial charge in [-0.1, -0.05) is 0 Å². The molecule has 2 aromatic rings. The molecule has 1 aliphatic heterocycles. The van der Waals surface area contributed by atoms with E-state index in [1.54, 1.807) is 0 Å². The highest BCUT2D eigenvalue weighted by molar-refractivity contribution is 5.71. The van der Waals surface area contributed by atoms with E-state index in [0.29, 0.717) is 22.3 Å². The SMILES string of the molecule is CC(C)(C)[N+]1(CCn2c(=O)ccc3c2cc(F)c[n+]3[O-])CC[CH]CC1. The summed E-state index contributed by atoms with van der Waals surface area (Å²) in [6.07, 6.45) is 5.34. The average Bonchev–Trinajstić information content (AvgIpc) is 2.53. The van der Waals surface area contributed by atoms with E-state index in [1.807, 2.05) is 0 Å². The van der Waals surface area contributed by atoms with Crippen molar-refractivity contribution < 1.29 is 13.6 Å². The van der Waals surface area contributed by atoms with Crippen LogP contribution in [0.2, 0.25) is 0 Å². The molecule has 1 fully saturated rings. The molecule has 3 heterocycles. The molecule has 1 aliphatic rings. The van der Waals surface area contributed by atoms with Gasteiger partial charge in [-0.3, -0.25) is 9.36 Å². The Morgan fingerprint density at radius 3 is 2.60 bits per heavy atom. The Bertz CT molecular complexity index is 833. The number of hydrogen-bond donors (Lipinski definition) is 0. The molecular weight excluding hydrogens is 321 g/mol. The predicted octanol–water partition coefficient (Wildman–Crippen LogP) is 2.39. The van der Waals surface area contributed by atoms with Gasteiger partial charge in [-0.25, -0.2) is 4.39 Å². The highest BCUT2D eigenvalue weighted by Gasteiger charge is 2.41. The zero-order valence-corrected chi connectivity index (χ0v) is 15.2. The minimum Gasteiger partial charge on any atom is -0.618 e. The number of aromatic nitrogens is 2. The van der Waals surface area contributed by atoms with Crippen LogP contribution >= 0.6 is 0 Å². The van der Waals surface area contributed by atoms with Crippen molar-refractivity contribution in [2.75, 3.05) is 19.6 Å². The maximum absolute atomic E-state index is 13.7. The largest absolute Gasteiger partial charge is 0.618 e. The minimum atomic E-state index is -0.630. The first-order valence-electron chi connectivity index (χ1n) is 8.84. The molecule has 0 atom stereocenters. The molecule has 0 amide bonds. The first-order valence-corrected chi connectivity index (χ1v) is 8.84. The van der Waals surface area contributed by atoms with E-state index in [9.17, 15) is 14.4 Å². The molecule has 0 aliphatic carbocycles. The molecule has 0 aromatic carbocycles. The van der Waals surface area contributed by atoms with Crippen LogP contribution in [-0.4, -0.2) is 34.2 Å². The van der Waals surface area contributed by atoms with E-state index in [-0.39, 0.29) is 11.1 Å². The van der Waals surface area contributed by atoms with Gasteiger partial charge in [0.05, 0.1) is 31.7 Å². The molecule has 0 bridgehead atoms. The van der Waals surface area contributed by atoms with Crippen LogP contribution in [0.15, 0.2) is 29.2 Å². The lowest BCUT2D eigenvalue weighted by Gasteiger charge is -2.51. The van der Waals surface area contributed by atoms with E-state index < -0.39 is 5.82 Å². The van der Waals surface area contributed by atoms with Gasteiger partial charge in [-0.05, 0) is 40.0 Å². The van der Waals surface area contributed by atoms with Gasteiger partial charge in [0.25, 0.3) is 5.56 Å². The minimum absolute atomic E-state index is 0.0617. The highest BCUT2D eigenvalue weighted by Crippen LogP contribution is 2.30. The molecule has 25 heavy (non-hydrogen) atoms. The lowest BCUT2D eigenvalue weighted by atomic mass is 9.95. The summed E-state index contributed by atoms with van der Waals surface area (Å²) in [5, 5.41) is 11.9. The van der Waals surface area contributed by atoms with Gasteiger partial charge in [0.2, 0.25) is 11.7 Å². The van der Waals surface area contributed by atoms with Crippen molar-refractivity contribution in [3.8, 4) is 0 Å². The van der Waals surface area contributed by atoms with Crippen molar-refractivity contribution >= 4 is 11.0 Å². The second-order valence-corrected chi connectivity index (χ2v) is 7.93. The Kier molecular flexibility index (Phi) is 4.58. The van der Waals surface area contributed by atoms with E-state index in [0.717, 1.165) is 43.2 Å². The van der Waals surface area contributed by atoms with Crippen molar-refractivity contribution in [3.63, 3.8) is 0 Å². The Balaban J connectivity index is 2.00. The van der Waals surface area contributed by atoms with Crippen molar-refractivity contribution in [1.29, 1.82) is 0 Å². The van der Waals surface area contributed by atoms with Gasteiger partial charge in [-0.15, -0.1) is 0 Å². The Labute approximate surface area is 147 Å². The van der Waals surface area contributed by atoms with Gasteiger partial charge in [0.15, 0.2) is 5.82 Å². The van der Waals surface area contributed by atoms with Crippen molar-refractivity contribution in [2.45, 2.75) is 45.7 Å². The molecule has 6 heteroatoms. The first kappa shape index (κ1) is 17.9. The van der Waals surface area contributed by atoms with Crippen LogP contribution in [0.3, 0.4) is 0 Å². The molecule has 0 N–H and O–H groups in total. The lowest BCUT2D eigenvalue weighted by Crippen LogP contribution is -2.63. The van der Waals surface area contributed by atoms with E-state index in [1.165, 1.54) is 22.8 Å². The number of halogens is 1. The molecule has 0 spiro atoms. The maximum atomic E-state index is 13.7. The quantitative estimate of drug-likeness (QED) is 0.486. The Morgan fingerprint density at radius 1 is 1.28 bits per heavy atom. The summed E-state index contributed by atoms with van der Waals surface area (Å²) in [6.45, 7) is 10.0. The fourth-order valence-electron chi connectivity index (χ4n) is 3.96. The van der Waals surface area contributed by atoms with Crippen molar-refractivity contribution in [1.82, 2.24) is 4.57 Å². The highest BCUT2D eigenvalue weighted by atomic mass is 19.1. The summed E-state index contributed by atoms with van der Waals surface area (Å²) >= 11 is 0. The number of fused-ring (bicyclic) bond motifs is 1. The summed E-state index contributed by atoms with van der Waals surface area (Å²) < 4.78 is 16.7. The second kappa shape index (κ2) is 6.41. The smallest absolute Gasteiger partial charge is 0.251 e. The zero-order chi connectivity index (χ0) is 18.2.